The molecule has 0 saturated heterocycles. The van der Waals surface area contributed by atoms with E-state index in [4.69, 9.17) is 21.8 Å². The Balaban J connectivity index is 2.06. The van der Waals surface area contributed by atoms with Crippen molar-refractivity contribution in [1.29, 1.82) is 0 Å². The standard InChI is InChI=1S/C18H14ClN3O5/c1-2-13-15(22-8-11(19)3-4-14(22)21-13)16(23)20-12-6-9(17(24)25)5-10(7-12)18(26)27/h3-8H,2H2,1H3,(H,20,23)(H,24,25)(H,26,27). The number of benzene rings is 1. The lowest BCUT2D eigenvalue weighted by molar-refractivity contribution is 0.0696. The number of aromatic nitrogens is 2. The monoisotopic (exact) mass is 387 g/mol. The topological polar surface area (TPSA) is 121 Å². The highest BCUT2D eigenvalue weighted by Gasteiger charge is 2.20. The Morgan fingerprint density at radius 2 is 1.74 bits per heavy atom. The number of halogens is 1. The molecule has 2 aromatic heterocycles. The number of carboxylic acids is 2. The summed E-state index contributed by atoms with van der Waals surface area (Å²) in [5.74, 6) is -3.16. The molecule has 3 rings (SSSR count). The molecular formula is C18H14ClN3O5. The highest BCUT2D eigenvalue weighted by molar-refractivity contribution is 6.30. The molecule has 1 amide bonds. The molecule has 27 heavy (non-hydrogen) atoms. The van der Waals surface area contributed by atoms with Crippen molar-refractivity contribution in [3.05, 3.63) is 64.1 Å². The summed E-state index contributed by atoms with van der Waals surface area (Å²) in [7, 11) is 0. The summed E-state index contributed by atoms with van der Waals surface area (Å²) in [6.45, 7) is 1.84. The van der Waals surface area contributed by atoms with Crippen LogP contribution in [-0.2, 0) is 6.42 Å². The number of carboxylic acid groups (broad SMARTS) is 2. The molecule has 9 heteroatoms. The van der Waals surface area contributed by atoms with E-state index in [1.807, 2.05) is 6.92 Å². The smallest absolute Gasteiger partial charge is 0.335 e. The first-order valence-corrected chi connectivity index (χ1v) is 8.27. The van der Waals surface area contributed by atoms with Gasteiger partial charge in [0, 0.05) is 11.9 Å². The van der Waals surface area contributed by atoms with E-state index in [9.17, 15) is 14.4 Å². The average molecular weight is 388 g/mol. The van der Waals surface area contributed by atoms with Crippen LogP contribution in [0, 0.1) is 0 Å². The largest absolute Gasteiger partial charge is 0.478 e. The molecular weight excluding hydrogens is 374 g/mol. The van der Waals surface area contributed by atoms with Gasteiger partial charge in [0.1, 0.15) is 11.3 Å². The van der Waals surface area contributed by atoms with Crippen molar-refractivity contribution < 1.29 is 24.6 Å². The van der Waals surface area contributed by atoms with E-state index < -0.39 is 17.8 Å². The molecule has 0 spiro atoms. The summed E-state index contributed by atoms with van der Waals surface area (Å²) in [4.78, 5) is 39.7. The summed E-state index contributed by atoms with van der Waals surface area (Å²) in [5, 5.41) is 21.3. The van der Waals surface area contributed by atoms with Gasteiger partial charge >= 0.3 is 11.9 Å². The molecule has 3 N–H and O–H groups in total. The minimum Gasteiger partial charge on any atom is -0.478 e. The first-order chi connectivity index (χ1) is 12.8. The SMILES string of the molecule is CCc1nc2ccc(Cl)cn2c1C(=O)Nc1cc(C(=O)O)cc(C(=O)O)c1. The maximum Gasteiger partial charge on any atom is 0.335 e. The number of anilines is 1. The number of imidazole rings is 1. The van der Waals surface area contributed by atoms with Crippen molar-refractivity contribution in [3.8, 4) is 0 Å². The van der Waals surface area contributed by atoms with E-state index in [0.717, 1.165) is 6.07 Å². The molecule has 138 valence electrons. The Bertz CT molecular complexity index is 1060. The first kappa shape index (κ1) is 18.4. The summed E-state index contributed by atoms with van der Waals surface area (Å²) in [6, 6.07) is 6.72. The van der Waals surface area contributed by atoms with Crippen molar-refractivity contribution >= 4 is 40.8 Å². The molecule has 0 aliphatic carbocycles. The van der Waals surface area contributed by atoms with Crippen LogP contribution in [0.3, 0.4) is 0 Å². The highest BCUT2D eigenvalue weighted by atomic mass is 35.5. The van der Waals surface area contributed by atoms with Gasteiger partial charge in [-0.05, 0) is 36.8 Å². The average Bonchev–Trinajstić information content (AvgIpc) is 2.99. The zero-order valence-corrected chi connectivity index (χ0v) is 14.8. The summed E-state index contributed by atoms with van der Waals surface area (Å²) in [5.41, 5.74) is 0.864. The van der Waals surface area contributed by atoms with Crippen molar-refractivity contribution in [3.63, 3.8) is 0 Å². The van der Waals surface area contributed by atoms with E-state index >= 15 is 0 Å². The van der Waals surface area contributed by atoms with Crippen LogP contribution < -0.4 is 5.32 Å². The van der Waals surface area contributed by atoms with Gasteiger partial charge in [-0.3, -0.25) is 9.20 Å². The Labute approximate surface area is 158 Å². The Kier molecular flexibility index (Phi) is 4.83. The maximum atomic E-state index is 12.8. The fraction of sp³-hybridized carbons (Fsp3) is 0.111. The van der Waals surface area contributed by atoms with Gasteiger partial charge in [0.25, 0.3) is 5.91 Å². The van der Waals surface area contributed by atoms with Crippen LogP contribution in [0.2, 0.25) is 5.02 Å². The number of amides is 1. The van der Waals surface area contributed by atoms with Gasteiger partial charge in [0.15, 0.2) is 0 Å². The number of aryl methyl sites for hydroxylation is 1. The van der Waals surface area contributed by atoms with E-state index in [1.165, 1.54) is 16.5 Å². The van der Waals surface area contributed by atoms with Gasteiger partial charge in [-0.15, -0.1) is 0 Å². The van der Waals surface area contributed by atoms with E-state index in [0.29, 0.717) is 22.8 Å². The molecule has 0 aliphatic rings. The third-order valence-corrected chi connectivity index (χ3v) is 4.11. The number of hydrogen-bond donors (Lipinski definition) is 3. The number of fused-ring (bicyclic) bond motifs is 1. The summed E-state index contributed by atoms with van der Waals surface area (Å²) in [6.07, 6.45) is 2.03. The Morgan fingerprint density at radius 3 is 2.30 bits per heavy atom. The van der Waals surface area contributed by atoms with E-state index in [-0.39, 0.29) is 22.5 Å². The highest BCUT2D eigenvalue weighted by Crippen LogP contribution is 2.21. The predicted octanol–water partition coefficient (Wildman–Crippen LogP) is 3.20. The number of pyridine rings is 1. The number of hydrogen-bond acceptors (Lipinski definition) is 4. The summed E-state index contributed by atoms with van der Waals surface area (Å²) >= 11 is 6.01. The molecule has 1 aromatic carbocycles. The number of rotatable bonds is 5. The second kappa shape index (κ2) is 7.08. The lowest BCUT2D eigenvalue weighted by Crippen LogP contribution is -2.17. The van der Waals surface area contributed by atoms with Gasteiger partial charge < -0.3 is 15.5 Å². The molecule has 8 nitrogen and oxygen atoms in total. The molecule has 0 aliphatic heterocycles. The van der Waals surface area contributed by atoms with Crippen molar-refractivity contribution in [2.24, 2.45) is 0 Å². The summed E-state index contributed by atoms with van der Waals surface area (Å²) < 4.78 is 1.54. The Hall–Kier alpha value is -3.39. The van der Waals surface area contributed by atoms with Crippen LogP contribution in [0.4, 0.5) is 5.69 Å². The van der Waals surface area contributed by atoms with Crippen LogP contribution in [0.15, 0.2) is 36.5 Å². The van der Waals surface area contributed by atoms with Crippen LogP contribution in [0.1, 0.15) is 43.8 Å². The van der Waals surface area contributed by atoms with Crippen molar-refractivity contribution in [2.45, 2.75) is 13.3 Å². The minimum absolute atomic E-state index is 0.0522. The molecule has 0 radical (unpaired) electrons. The molecule has 2 heterocycles. The zero-order valence-electron chi connectivity index (χ0n) is 14.1. The number of nitrogens with zero attached hydrogens (tertiary/aromatic N) is 2. The lowest BCUT2D eigenvalue weighted by Gasteiger charge is -2.09. The van der Waals surface area contributed by atoms with Gasteiger partial charge in [-0.25, -0.2) is 14.6 Å². The Morgan fingerprint density at radius 1 is 1.11 bits per heavy atom. The molecule has 0 atom stereocenters. The third-order valence-electron chi connectivity index (χ3n) is 3.89. The second-order valence-electron chi connectivity index (χ2n) is 5.70. The molecule has 0 fully saturated rings. The molecule has 3 aromatic rings. The first-order valence-electron chi connectivity index (χ1n) is 7.89. The zero-order chi connectivity index (χ0) is 19.7. The predicted molar refractivity (Wildman–Crippen MR) is 97.9 cm³/mol. The quantitative estimate of drug-likeness (QED) is 0.618. The van der Waals surface area contributed by atoms with E-state index in [1.54, 1.807) is 18.3 Å². The van der Waals surface area contributed by atoms with Crippen LogP contribution in [-0.4, -0.2) is 37.4 Å². The van der Waals surface area contributed by atoms with Gasteiger partial charge in [-0.1, -0.05) is 18.5 Å². The van der Waals surface area contributed by atoms with Gasteiger partial charge in [0.2, 0.25) is 0 Å². The normalized spacial score (nSPS) is 10.7. The number of nitrogens with one attached hydrogen (secondary N) is 1. The maximum absolute atomic E-state index is 12.8. The van der Waals surface area contributed by atoms with Gasteiger partial charge in [-0.2, -0.15) is 0 Å². The molecule has 0 saturated carbocycles. The number of carbonyl (C=O) groups excluding carboxylic acids is 1. The van der Waals surface area contributed by atoms with Crippen molar-refractivity contribution in [1.82, 2.24) is 9.38 Å². The van der Waals surface area contributed by atoms with Gasteiger partial charge in [0.05, 0.1) is 21.8 Å². The van der Waals surface area contributed by atoms with Crippen molar-refractivity contribution in [2.75, 3.05) is 5.32 Å². The minimum atomic E-state index is -1.30. The number of carbonyl (C=O) groups is 3. The number of aromatic carboxylic acids is 2. The fourth-order valence-electron chi connectivity index (χ4n) is 2.69. The molecule has 0 bridgehead atoms. The second-order valence-corrected chi connectivity index (χ2v) is 6.14. The van der Waals surface area contributed by atoms with Crippen LogP contribution in [0.5, 0.6) is 0 Å². The van der Waals surface area contributed by atoms with Crippen LogP contribution >= 0.6 is 11.6 Å². The van der Waals surface area contributed by atoms with Crippen LogP contribution in [0.25, 0.3) is 5.65 Å². The van der Waals surface area contributed by atoms with E-state index in [2.05, 4.69) is 10.3 Å². The fourth-order valence-corrected chi connectivity index (χ4v) is 2.85. The molecule has 0 unspecified atom stereocenters. The third kappa shape index (κ3) is 3.61. The lowest BCUT2D eigenvalue weighted by atomic mass is 10.1.